The van der Waals surface area contributed by atoms with Gasteiger partial charge in [-0.25, -0.2) is 0 Å². The first kappa shape index (κ1) is 12.0. The first-order valence-corrected chi connectivity index (χ1v) is 5.42. The molecule has 0 radical (unpaired) electrons. The molecule has 12 heavy (non-hydrogen) atoms. The molecule has 72 valence electrons. The normalized spacial score (nSPS) is 10.2. The molecule has 0 aliphatic heterocycles. The van der Waals surface area contributed by atoms with Crippen LogP contribution in [0.5, 0.6) is 0 Å². The lowest BCUT2D eigenvalue weighted by molar-refractivity contribution is -0.119. The van der Waals surface area contributed by atoms with Crippen molar-refractivity contribution in [3.05, 3.63) is 0 Å². The van der Waals surface area contributed by atoms with Crippen molar-refractivity contribution in [1.82, 2.24) is 0 Å². The fourth-order valence-corrected chi connectivity index (χ4v) is 1.30. The molecular formula is C10H19ClO. The number of hydrogen-bond donors (Lipinski definition) is 0. The van der Waals surface area contributed by atoms with Crippen molar-refractivity contribution >= 4 is 17.4 Å². The minimum Gasteiger partial charge on any atom is -0.300 e. The largest absolute Gasteiger partial charge is 0.300 e. The third kappa shape index (κ3) is 8.06. The maximum atomic E-state index is 11.1. The smallest absolute Gasteiger partial charge is 0.132 e. The number of alkyl halides is 1. The Morgan fingerprint density at radius 1 is 1.08 bits per heavy atom. The standard InChI is InChI=1S/C10H19ClO/c1-2-3-4-7-10(12)8-5-6-9-11/h2-9H2,1H3. The van der Waals surface area contributed by atoms with Gasteiger partial charge >= 0.3 is 0 Å². The van der Waals surface area contributed by atoms with Gasteiger partial charge < -0.3 is 0 Å². The van der Waals surface area contributed by atoms with Gasteiger partial charge in [-0.2, -0.15) is 0 Å². The van der Waals surface area contributed by atoms with Gasteiger partial charge in [0.25, 0.3) is 0 Å². The van der Waals surface area contributed by atoms with Crippen molar-refractivity contribution in [2.24, 2.45) is 0 Å². The molecule has 0 aliphatic rings. The lowest BCUT2D eigenvalue weighted by atomic mass is 10.1. The summed E-state index contributed by atoms with van der Waals surface area (Å²) in [6.07, 6.45) is 6.88. The van der Waals surface area contributed by atoms with Gasteiger partial charge in [0.15, 0.2) is 0 Å². The highest BCUT2D eigenvalue weighted by Gasteiger charge is 2.00. The van der Waals surface area contributed by atoms with Gasteiger partial charge in [0.2, 0.25) is 0 Å². The molecule has 0 bridgehead atoms. The van der Waals surface area contributed by atoms with E-state index in [-0.39, 0.29) is 0 Å². The summed E-state index contributed by atoms with van der Waals surface area (Å²) in [5.41, 5.74) is 0. The van der Waals surface area contributed by atoms with Crippen LogP contribution in [0.25, 0.3) is 0 Å². The van der Waals surface area contributed by atoms with E-state index in [1.165, 1.54) is 12.8 Å². The van der Waals surface area contributed by atoms with Crippen LogP contribution in [0, 0.1) is 0 Å². The summed E-state index contributed by atoms with van der Waals surface area (Å²) in [6.45, 7) is 2.15. The summed E-state index contributed by atoms with van der Waals surface area (Å²) in [7, 11) is 0. The zero-order valence-electron chi connectivity index (χ0n) is 7.94. The quantitative estimate of drug-likeness (QED) is 0.423. The van der Waals surface area contributed by atoms with Gasteiger partial charge in [-0.05, 0) is 19.3 Å². The topological polar surface area (TPSA) is 17.1 Å². The number of rotatable bonds is 8. The van der Waals surface area contributed by atoms with E-state index < -0.39 is 0 Å². The molecule has 0 saturated carbocycles. The summed E-state index contributed by atoms with van der Waals surface area (Å²) < 4.78 is 0. The van der Waals surface area contributed by atoms with Crippen LogP contribution in [-0.2, 0) is 4.79 Å². The van der Waals surface area contributed by atoms with E-state index in [0.717, 1.165) is 32.1 Å². The maximum Gasteiger partial charge on any atom is 0.132 e. The van der Waals surface area contributed by atoms with E-state index in [2.05, 4.69) is 6.92 Å². The fourth-order valence-electron chi connectivity index (χ4n) is 1.11. The Hall–Kier alpha value is -0.0400. The molecule has 0 aliphatic carbocycles. The van der Waals surface area contributed by atoms with Crippen molar-refractivity contribution in [3.63, 3.8) is 0 Å². The van der Waals surface area contributed by atoms with Crippen LogP contribution < -0.4 is 0 Å². The molecule has 0 unspecified atom stereocenters. The lowest BCUT2D eigenvalue weighted by Gasteiger charge is -1.98. The second-order valence-electron chi connectivity index (χ2n) is 3.14. The minimum atomic E-state index is 0.411. The molecule has 0 spiro atoms. The second-order valence-corrected chi connectivity index (χ2v) is 3.52. The lowest BCUT2D eigenvalue weighted by Crippen LogP contribution is -1.97. The third-order valence-electron chi connectivity index (χ3n) is 1.90. The number of carbonyl (C=O) groups excluding carboxylic acids is 1. The van der Waals surface area contributed by atoms with E-state index in [9.17, 15) is 4.79 Å². The van der Waals surface area contributed by atoms with Crippen LogP contribution in [0.1, 0.15) is 51.9 Å². The number of hydrogen-bond acceptors (Lipinski definition) is 1. The van der Waals surface area contributed by atoms with Crippen molar-refractivity contribution in [1.29, 1.82) is 0 Å². The van der Waals surface area contributed by atoms with Crippen molar-refractivity contribution in [2.45, 2.75) is 51.9 Å². The van der Waals surface area contributed by atoms with Gasteiger partial charge in [0.05, 0.1) is 0 Å². The molecule has 0 aromatic carbocycles. The van der Waals surface area contributed by atoms with Crippen LogP contribution >= 0.6 is 11.6 Å². The zero-order valence-corrected chi connectivity index (χ0v) is 8.70. The Morgan fingerprint density at radius 2 is 1.67 bits per heavy atom. The predicted molar refractivity (Wildman–Crippen MR) is 53.7 cm³/mol. The van der Waals surface area contributed by atoms with Gasteiger partial charge in [0, 0.05) is 18.7 Å². The van der Waals surface area contributed by atoms with E-state index in [0.29, 0.717) is 11.7 Å². The Balaban J connectivity index is 3.10. The zero-order chi connectivity index (χ0) is 9.23. The first-order chi connectivity index (χ1) is 5.81. The van der Waals surface area contributed by atoms with Gasteiger partial charge in [-0.1, -0.05) is 19.8 Å². The molecular weight excluding hydrogens is 172 g/mol. The number of carbonyl (C=O) groups is 1. The molecule has 0 N–H and O–H groups in total. The van der Waals surface area contributed by atoms with Crippen LogP contribution in [0.4, 0.5) is 0 Å². The highest BCUT2D eigenvalue weighted by Crippen LogP contribution is 2.05. The molecule has 0 rings (SSSR count). The first-order valence-electron chi connectivity index (χ1n) is 4.89. The second kappa shape index (κ2) is 9.05. The summed E-state index contributed by atoms with van der Waals surface area (Å²) in [6, 6.07) is 0. The Bertz CT molecular complexity index is 100. The number of Topliss-reactive ketones (excluding diaryl/α,β-unsaturated/α-hetero) is 1. The van der Waals surface area contributed by atoms with Crippen LogP contribution in [0.15, 0.2) is 0 Å². The van der Waals surface area contributed by atoms with Gasteiger partial charge in [0.1, 0.15) is 5.78 Å². The monoisotopic (exact) mass is 190 g/mol. The van der Waals surface area contributed by atoms with E-state index in [4.69, 9.17) is 11.6 Å². The minimum absolute atomic E-state index is 0.411. The van der Waals surface area contributed by atoms with E-state index in [1.807, 2.05) is 0 Å². The summed E-state index contributed by atoms with van der Waals surface area (Å²) in [5, 5.41) is 0. The van der Waals surface area contributed by atoms with Crippen LogP contribution in [-0.4, -0.2) is 11.7 Å². The van der Waals surface area contributed by atoms with Crippen LogP contribution in [0.2, 0.25) is 0 Å². The van der Waals surface area contributed by atoms with Gasteiger partial charge in [-0.15, -0.1) is 11.6 Å². The summed E-state index contributed by atoms with van der Waals surface area (Å²) in [5.74, 6) is 1.09. The number of ketones is 1. The van der Waals surface area contributed by atoms with E-state index in [1.54, 1.807) is 0 Å². The summed E-state index contributed by atoms with van der Waals surface area (Å²) in [4.78, 5) is 11.1. The number of unbranched alkanes of at least 4 members (excludes halogenated alkanes) is 3. The van der Waals surface area contributed by atoms with Crippen molar-refractivity contribution < 1.29 is 4.79 Å². The predicted octanol–water partition coefficient (Wildman–Crippen LogP) is 3.54. The van der Waals surface area contributed by atoms with Crippen molar-refractivity contribution in [2.75, 3.05) is 5.88 Å². The molecule has 0 aromatic heterocycles. The average Bonchev–Trinajstić information content (AvgIpc) is 2.06. The van der Waals surface area contributed by atoms with Crippen molar-refractivity contribution in [3.8, 4) is 0 Å². The molecule has 0 heterocycles. The van der Waals surface area contributed by atoms with E-state index >= 15 is 0 Å². The molecule has 0 fully saturated rings. The SMILES string of the molecule is CCCCCC(=O)CCCCCl. The third-order valence-corrected chi connectivity index (χ3v) is 2.17. The molecule has 0 saturated heterocycles. The molecule has 0 amide bonds. The molecule has 2 heteroatoms. The molecule has 0 atom stereocenters. The maximum absolute atomic E-state index is 11.1. The molecule has 1 nitrogen and oxygen atoms in total. The average molecular weight is 191 g/mol. The van der Waals surface area contributed by atoms with Gasteiger partial charge in [-0.3, -0.25) is 4.79 Å². The Morgan fingerprint density at radius 3 is 2.17 bits per heavy atom. The fraction of sp³-hybridized carbons (Fsp3) is 0.900. The van der Waals surface area contributed by atoms with Crippen LogP contribution in [0.3, 0.4) is 0 Å². The Labute approximate surface area is 80.5 Å². The highest BCUT2D eigenvalue weighted by molar-refractivity contribution is 6.17. The molecule has 0 aromatic rings. The summed E-state index contributed by atoms with van der Waals surface area (Å²) >= 11 is 5.50. The highest BCUT2D eigenvalue weighted by atomic mass is 35.5. The number of halogens is 1. The Kier molecular flexibility index (Phi) is 9.02.